The van der Waals surface area contributed by atoms with Gasteiger partial charge in [0.25, 0.3) is 0 Å². The number of nitrogens with zero attached hydrogens (tertiary/aromatic N) is 5. The Hall–Kier alpha value is -1.92. The number of amides is 2. The van der Waals surface area contributed by atoms with Gasteiger partial charge in [0.05, 0.1) is 0 Å². The summed E-state index contributed by atoms with van der Waals surface area (Å²) in [5.74, 6) is 0.598. The van der Waals surface area contributed by atoms with Crippen LogP contribution in [-0.4, -0.2) is 62.1 Å². The Morgan fingerprint density at radius 2 is 2.04 bits per heavy atom. The molecule has 1 saturated carbocycles. The minimum absolute atomic E-state index is 0.251. The first-order valence-corrected chi connectivity index (χ1v) is 9.55. The Morgan fingerprint density at radius 1 is 1.24 bits per heavy atom. The van der Waals surface area contributed by atoms with Crippen LogP contribution in [0.1, 0.15) is 51.4 Å². The zero-order chi connectivity index (χ0) is 17.3. The van der Waals surface area contributed by atoms with Crippen LogP contribution in [-0.2, 0) is 16.1 Å². The van der Waals surface area contributed by atoms with Crippen LogP contribution in [0.15, 0.2) is 12.7 Å². The molecule has 136 valence electrons. The zero-order valence-corrected chi connectivity index (χ0v) is 14.8. The van der Waals surface area contributed by atoms with Crippen LogP contribution in [0.25, 0.3) is 0 Å². The predicted octanol–water partition coefficient (Wildman–Crippen LogP) is 1.45. The molecule has 0 atom stereocenters. The molecular weight excluding hydrogens is 318 g/mol. The van der Waals surface area contributed by atoms with Crippen molar-refractivity contribution in [2.75, 3.05) is 19.6 Å². The lowest BCUT2D eigenvalue weighted by Crippen LogP contribution is -2.52. The van der Waals surface area contributed by atoms with Crippen molar-refractivity contribution < 1.29 is 9.59 Å². The lowest BCUT2D eigenvalue weighted by molar-refractivity contribution is -0.143. The Labute approximate surface area is 148 Å². The minimum Gasteiger partial charge on any atom is -0.343 e. The Bertz CT molecular complexity index is 617. The zero-order valence-electron chi connectivity index (χ0n) is 14.8. The first-order chi connectivity index (χ1) is 12.2. The summed E-state index contributed by atoms with van der Waals surface area (Å²) >= 11 is 0. The fourth-order valence-electron chi connectivity index (χ4n) is 4.30. The van der Waals surface area contributed by atoms with Gasteiger partial charge in [-0.05, 0) is 43.9 Å². The van der Waals surface area contributed by atoms with Crippen molar-refractivity contribution in [3.63, 3.8) is 0 Å². The van der Waals surface area contributed by atoms with Crippen LogP contribution in [0.2, 0.25) is 0 Å². The number of aromatic nitrogens is 3. The summed E-state index contributed by atoms with van der Waals surface area (Å²) < 4.78 is 1.77. The standard InChI is InChI=1S/C18H27N5O2/c24-16(2-1-9-22-14-19-13-20-22)21-10-7-18(8-11-21)6-5-17(25)23(12-18)15-3-4-15/h13-15H,1-12H2. The van der Waals surface area contributed by atoms with E-state index in [1.807, 2.05) is 4.90 Å². The number of carbonyl (C=O) groups excluding carboxylic acids is 2. The van der Waals surface area contributed by atoms with Gasteiger partial charge in [-0.2, -0.15) is 5.10 Å². The van der Waals surface area contributed by atoms with E-state index >= 15 is 0 Å². The van der Waals surface area contributed by atoms with Crippen LogP contribution in [0.5, 0.6) is 0 Å². The normalized spacial score (nSPS) is 23.3. The quantitative estimate of drug-likeness (QED) is 0.810. The van der Waals surface area contributed by atoms with E-state index < -0.39 is 0 Å². The molecule has 3 heterocycles. The van der Waals surface area contributed by atoms with E-state index in [1.165, 1.54) is 19.2 Å². The number of aryl methyl sites for hydroxylation is 1. The molecular formula is C18H27N5O2. The highest BCUT2D eigenvalue weighted by molar-refractivity contribution is 5.78. The van der Waals surface area contributed by atoms with Gasteiger partial charge in [0.15, 0.2) is 0 Å². The van der Waals surface area contributed by atoms with Crippen LogP contribution < -0.4 is 0 Å². The van der Waals surface area contributed by atoms with Crippen molar-refractivity contribution in [1.82, 2.24) is 24.6 Å². The van der Waals surface area contributed by atoms with Crippen molar-refractivity contribution in [3.8, 4) is 0 Å². The Balaban J connectivity index is 1.24. The van der Waals surface area contributed by atoms with Crippen molar-refractivity contribution in [2.24, 2.45) is 5.41 Å². The summed E-state index contributed by atoms with van der Waals surface area (Å²) in [4.78, 5) is 32.7. The molecule has 4 rings (SSSR count). The molecule has 25 heavy (non-hydrogen) atoms. The summed E-state index contributed by atoms with van der Waals surface area (Å²) in [6.45, 7) is 3.34. The highest BCUT2D eigenvalue weighted by Gasteiger charge is 2.45. The van der Waals surface area contributed by atoms with E-state index in [1.54, 1.807) is 11.0 Å². The summed E-state index contributed by atoms with van der Waals surface area (Å²) in [6.07, 6.45) is 10.7. The number of carbonyl (C=O) groups is 2. The van der Waals surface area contributed by atoms with E-state index in [9.17, 15) is 9.59 Å². The molecule has 1 aliphatic carbocycles. The maximum absolute atomic E-state index is 12.4. The minimum atomic E-state index is 0.251. The molecule has 2 saturated heterocycles. The summed E-state index contributed by atoms with van der Waals surface area (Å²) in [7, 11) is 0. The average molecular weight is 345 g/mol. The van der Waals surface area contributed by atoms with Gasteiger partial charge >= 0.3 is 0 Å². The lowest BCUT2D eigenvalue weighted by Gasteiger charge is -2.47. The molecule has 2 aliphatic heterocycles. The van der Waals surface area contributed by atoms with E-state index in [0.717, 1.165) is 51.9 Å². The maximum Gasteiger partial charge on any atom is 0.222 e. The van der Waals surface area contributed by atoms with Crippen LogP contribution in [0.3, 0.4) is 0 Å². The maximum atomic E-state index is 12.4. The van der Waals surface area contributed by atoms with Gasteiger partial charge in [-0.1, -0.05) is 0 Å². The van der Waals surface area contributed by atoms with Gasteiger partial charge in [-0.15, -0.1) is 0 Å². The molecule has 3 aliphatic rings. The van der Waals surface area contributed by atoms with Gasteiger partial charge in [-0.3, -0.25) is 14.3 Å². The second-order valence-electron chi connectivity index (χ2n) is 7.90. The fourth-order valence-corrected chi connectivity index (χ4v) is 4.30. The first kappa shape index (κ1) is 16.5. The fraction of sp³-hybridized carbons (Fsp3) is 0.778. The second kappa shape index (κ2) is 6.77. The van der Waals surface area contributed by atoms with Gasteiger partial charge in [-0.25, -0.2) is 4.98 Å². The highest BCUT2D eigenvalue weighted by Crippen LogP contribution is 2.43. The van der Waals surface area contributed by atoms with E-state index in [4.69, 9.17) is 0 Å². The Morgan fingerprint density at radius 3 is 2.72 bits per heavy atom. The molecule has 2 amide bonds. The molecule has 0 aromatic carbocycles. The van der Waals surface area contributed by atoms with Crippen LogP contribution in [0, 0.1) is 5.41 Å². The summed E-state index contributed by atoms with van der Waals surface area (Å²) in [5, 5.41) is 4.06. The SMILES string of the molecule is O=C(CCCn1cncn1)N1CCC2(CCC(=O)N(C3CC3)C2)CC1. The number of rotatable bonds is 5. The van der Waals surface area contributed by atoms with Crippen LogP contribution in [0.4, 0.5) is 0 Å². The molecule has 3 fully saturated rings. The molecule has 1 spiro atoms. The van der Waals surface area contributed by atoms with Crippen molar-refractivity contribution in [1.29, 1.82) is 0 Å². The van der Waals surface area contributed by atoms with Gasteiger partial charge in [0, 0.05) is 45.1 Å². The van der Waals surface area contributed by atoms with Crippen molar-refractivity contribution >= 4 is 11.8 Å². The van der Waals surface area contributed by atoms with E-state index in [0.29, 0.717) is 24.8 Å². The molecule has 7 nitrogen and oxygen atoms in total. The smallest absolute Gasteiger partial charge is 0.222 e. The molecule has 0 bridgehead atoms. The third-order valence-electron chi connectivity index (χ3n) is 6.10. The monoisotopic (exact) mass is 345 g/mol. The number of piperidine rings is 2. The molecule has 0 unspecified atom stereocenters. The first-order valence-electron chi connectivity index (χ1n) is 9.55. The van der Waals surface area contributed by atoms with Gasteiger partial charge in [0.1, 0.15) is 12.7 Å². The topological polar surface area (TPSA) is 71.3 Å². The number of likely N-dealkylation sites (tertiary alicyclic amines) is 2. The molecule has 1 aromatic heterocycles. The van der Waals surface area contributed by atoms with Crippen LogP contribution >= 0.6 is 0 Å². The third kappa shape index (κ3) is 3.70. The molecule has 0 radical (unpaired) electrons. The highest BCUT2D eigenvalue weighted by atomic mass is 16.2. The Kier molecular flexibility index (Phi) is 4.48. The van der Waals surface area contributed by atoms with E-state index in [2.05, 4.69) is 15.0 Å². The third-order valence-corrected chi connectivity index (χ3v) is 6.10. The van der Waals surface area contributed by atoms with Gasteiger partial charge < -0.3 is 9.80 Å². The van der Waals surface area contributed by atoms with Crippen molar-refractivity contribution in [2.45, 2.75) is 64.0 Å². The molecule has 7 heteroatoms. The molecule has 0 N–H and O–H groups in total. The largest absolute Gasteiger partial charge is 0.343 e. The van der Waals surface area contributed by atoms with Crippen molar-refractivity contribution in [3.05, 3.63) is 12.7 Å². The lowest BCUT2D eigenvalue weighted by atomic mass is 9.72. The van der Waals surface area contributed by atoms with E-state index in [-0.39, 0.29) is 11.3 Å². The van der Waals surface area contributed by atoms with Gasteiger partial charge in [0.2, 0.25) is 11.8 Å². The summed E-state index contributed by atoms with van der Waals surface area (Å²) in [5.41, 5.74) is 0.258. The number of hydrogen-bond donors (Lipinski definition) is 0. The second-order valence-corrected chi connectivity index (χ2v) is 7.90. The number of hydrogen-bond acceptors (Lipinski definition) is 4. The summed E-state index contributed by atoms with van der Waals surface area (Å²) in [6, 6.07) is 0.515. The predicted molar refractivity (Wildman–Crippen MR) is 91.5 cm³/mol. The molecule has 1 aromatic rings. The average Bonchev–Trinajstić information content (AvgIpc) is 3.34.